The van der Waals surface area contributed by atoms with E-state index in [0.29, 0.717) is 0 Å². The zero-order chi connectivity index (χ0) is 13.4. The molecule has 1 aromatic carbocycles. The molecule has 0 saturated carbocycles. The third kappa shape index (κ3) is 2.62. The maximum atomic E-state index is 11.6. The van der Waals surface area contributed by atoms with Crippen molar-refractivity contribution in [3.63, 3.8) is 0 Å². The van der Waals surface area contributed by atoms with Crippen molar-refractivity contribution >= 4 is 35.1 Å². The van der Waals surface area contributed by atoms with Gasteiger partial charge in [0, 0.05) is 37.1 Å². The second kappa shape index (κ2) is 5.35. The van der Waals surface area contributed by atoms with Crippen molar-refractivity contribution in [2.45, 2.75) is 31.1 Å². The molecular weight excluding hydrogens is 280 g/mol. The van der Waals surface area contributed by atoms with Gasteiger partial charge in [0.2, 0.25) is 5.91 Å². The summed E-state index contributed by atoms with van der Waals surface area (Å²) in [6, 6.07) is 4.10. The molecule has 0 spiro atoms. The fraction of sp³-hybridized carbons (Fsp3) is 0.500. The summed E-state index contributed by atoms with van der Waals surface area (Å²) in [4.78, 5) is 14.5. The van der Waals surface area contributed by atoms with Gasteiger partial charge in [-0.05, 0) is 48.9 Å². The zero-order valence-corrected chi connectivity index (χ0v) is 12.6. The maximum Gasteiger partial charge on any atom is 0.223 e. The van der Waals surface area contributed by atoms with Gasteiger partial charge in [-0.15, -0.1) is 0 Å². The number of nitrogens with zero attached hydrogens (tertiary/aromatic N) is 2. The first-order valence-electron chi connectivity index (χ1n) is 6.68. The summed E-state index contributed by atoms with van der Waals surface area (Å²) < 4.78 is 2.35. The summed E-state index contributed by atoms with van der Waals surface area (Å²) in [6.45, 7) is 4.64. The molecule has 0 radical (unpaired) electrons. The monoisotopic (exact) mass is 296 g/mol. The van der Waals surface area contributed by atoms with Crippen LogP contribution in [0.25, 0.3) is 0 Å². The van der Waals surface area contributed by atoms with Crippen molar-refractivity contribution in [2.75, 3.05) is 24.5 Å². The molecule has 2 aliphatic rings. The highest BCUT2D eigenvalue weighted by molar-refractivity contribution is 7.97. The fourth-order valence-electron chi connectivity index (χ4n) is 2.70. The topological polar surface area (TPSA) is 23.6 Å². The number of rotatable bonds is 2. The highest BCUT2D eigenvalue weighted by atomic mass is 35.5. The number of carbonyl (C=O) groups excluding carboxylic acids is 1. The standard InChI is InChI=1S/C14H17ClN2OS/c1-10(18)17-7-4-11-8-12(15)14(9-13(11)17)19-16-5-2-3-6-16/h8-9H,2-7H2,1H3. The molecule has 0 unspecified atom stereocenters. The summed E-state index contributed by atoms with van der Waals surface area (Å²) in [5.74, 6) is 0.109. The van der Waals surface area contributed by atoms with E-state index in [4.69, 9.17) is 11.6 Å². The lowest BCUT2D eigenvalue weighted by molar-refractivity contribution is -0.116. The fourth-order valence-corrected chi connectivity index (χ4v) is 4.02. The molecule has 0 aromatic heterocycles. The Labute approximate surface area is 123 Å². The van der Waals surface area contributed by atoms with Gasteiger partial charge in [0.25, 0.3) is 0 Å². The van der Waals surface area contributed by atoms with Crippen LogP contribution in [0.2, 0.25) is 5.02 Å². The molecule has 0 atom stereocenters. The molecule has 3 rings (SSSR count). The Morgan fingerprint density at radius 3 is 2.68 bits per heavy atom. The summed E-state index contributed by atoms with van der Waals surface area (Å²) in [7, 11) is 0. The summed E-state index contributed by atoms with van der Waals surface area (Å²) in [5.41, 5.74) is 2.23. The van der Waals surface area contributed by atoms with Gasteiger partial charge in [-0.3, -0.25) is 4.79 Å². The van der Waals surface area contributed by atoms with E-state index in [0.717, 1.165) is 41.7 Å². The van der Waals surface area contributed by atoms with Crippen molar-refractivity contribution in [1.82, 2.24) is 4.31 Å². The molecule has 0 bridgehead atoms. The number of amides is 1. The predicted octanol–water partition coefficient (Wildman–Crippen LogP) is 3.35. The van der Waals surface area contributed by atoms with E-state index in [1.807, 2.05) is 11.0 Å². The van der Waals surface area contributed by atoms with Crippen molar-refractivity contribution < 1.29 is 4.79 Å². The lowest BCUT2D eigenvalue weighted by Gasteiger charge is -2.18. The minimum Gasteiger partial charge on any atom is -0.312 e. The van der Waals surface area contributed by atoms with Gasteiger partial charge >= 0.3 is 0 Å². The zero-order valence-electron chi connectivity index (χ0n) is 11.0. The van der Waals surface area contributed by atoms with Gasteiger partial charge in [-0.25, -0.2) is 4.31 Å². The molecular formula is C14H17ClN2OS. The second-order valence-electron chi connectivity index (χ2n) is 5.06. The lowest BCUT2D eigenvalue weighted by atomic mass is 10.2. The minimum atomic E-state index is 0.109. The van der Waals surface area contributed by atoms with Crippen molar-refractivity contribution in [3.05, 3.63) is 22.7 Å². The first-order chi connectivity index (χ1) is 9.15. The predicted molar refractivity (Wildman–Crippen MR) is 79.8 cm³/mol. The van der Waals surface area contributed by atoms with E-state index < -0.39 is 0 Å². The molecule has 2 aliphatic heterocycles. The normalized spacial score (nSPS) is 18.9. The van der Waals surface area contributed by atoms with Crippen LogP contribution in [0.4, 0.5) is 5.69 Å². The van der Waals surface area contributed by atoms with Crippen LogP contribution in [0.1, 0.15) is 25.3 Å². The highest BCUT2D eigenvalue weighted by Gasteiger charge is 2.24. The van der Waals surface area contributed by atoms with E-state index in [2.05, 4.69) is 10.4 Å². The number of benzene rings is 1. The lowest BCUT2D eigenvalue weighted by Crippen LogP contribution is -2.25. The molecule has 1 fully saturated rings. The molecule has 19 heavy (non-hydrogen) atoms. The van der Waals surface area contributed by atoms with E-state index in [9.17, 15) is 4.79 Å². The molecule has 2 heterocycles. The van der Waals surface area contributed by atoms with Crippen molar-refractivity contribution in [3.8, 4) is 0 Å². The Hall–Kier alpha value is -0.710. The summed E-state index contributed by atoms with van der Waals surface area (Å²) >= 11 is 8.08. The smallest absolute Gasteiger partial charge is 0.223 e. The van der Waals surface area contributed by atoms with Crippen LogP contribution in [-0.4, -0.2) is 29.8 Å². The van der Waals surface area contributed by atoms with E-state index in [-0.39, 0.29) is 5.91 Å². The molecule has 0 N–H and O–H groups in total. The van der Waals surface area contributed by atoms with Crippen LogP contribution in [0.15, 0.2) is 17.0 Å². The highest BCUT2D eigenvalue weighted by Crippen LogP contribution is 2.39. The molecule has 1 aromatic rings. The largest absolute Gasteiger partial charge is 0.312 e. The Balaban J connectivity index is 1.89. The third-order valence-corrected chi connectivity index (χ3v) is 5.28. The maximum absolute atomic E-state index is 11.6. The Morgan fingerprint density at radius 1 is 1.26 bits per heavy atom. The molecule has 0 aliphatic carbocycles. The van der Waals surface area contributed by atoms with Gasteiger partial charge in [-0.2, -0.15) is 0 Å². The van der Waals surface area contributed by atoms with Gasteiger partial charge in [-0.1, -0.05) is 11.6 Å². The first kappa shape index (κ1) is 13.3. The molecule has 1 amide bonds. The van der Waals surface area contributed by atoms with Crippen LogP contribution in [-0.2, 0) is 11.2 Å². The number of anilines is 1. The molecule has 102 valence electrons. The summed E-state index contributed by atoms with van der Waals surface area (Å²) in [6.07, 6.45) is 3.42. The number of fused-ring (bicyclic) bond motifs is 1. The first-order valence-corrected chi connectivity index (χ1v) is 7.84. The Morgan fingerprint density at radius 2 is 2.00 bits per heavy atom. The minimum absolute atomic E-state index is 0.109. The van der Waals surface area contributed by atoms with Crippen LogP contribution >= 0.6 is 23.5 Å². The molecule has 5 heteroatoms. The quantitative estimate of drug-likeness (QED) is 0.782. The Bertz CT molecular complexity index is 514. The second-order valence-corrected chi connectivity index (χ2v) is 6.61. The van der Waals surface area contributed by atoms with Gasteiger partial charge in [0.05, 0.1) is 5.02 Å². The number of hydrogen-bond acceptors (Lipinski definition) is 3. The molecule has 3 nitrogen and oxygen atoms in total. The van der Waals surface area contributed by atoms with Crippen molar-refractivity contribution in [1.29, 1.82) is 0 Å². The van der Waals surface area contributed by atoms with Crippen molar-refractivity contribution in [2.24, 2.45) is 0 Å². The number of hydrogen-bond donors (Lipinski definition) is 0. The van der Waals surface area contributed by atoms with Crippen LogP contribution < -0.4 is 4.90 Å². The van der Waals surface area contributed by atoms with E-state index >= 15 is 0 Å². The third-order valence-electron chi connectivity index (χ3n) is 3.70. The average molecular weight is 297 g/mol. The van der Waals surface area contributed by atoms with Gasteiger partial charge in [0.15, 0.2) is 0 Å². The van der Waals surface area contributed by atoms with Crippen LogP contribution in [0, 0.1) is 0 Å². The SMILES string of the molecule is CC(=O)N1CCc2cc(Cl)c(SN3CCCC3)cc21. The number of halogens is 1. The van der Waals surface area contributed by atoms with Crippen LogP contribution in [0.3, 0.4) is 0 Å². The van der Waals surface area contributed by atoms with Gasteiger partial charge in [0.1, 0.15) is 0 Å². The van der Waals surface area contributed by atoms with E-state index in [1.54, 1.807) is 18.9 Å². The number of carbonyl (C=O) groups is 1. The van der Waals surface area contributed by atoms with Crippen LogP contribution in [0.5, 0.6) is 0 Å². The summed E-state index contributed by atoms with van der Waals surface area (Å²) in [5, 5.41) is 0.807. The average Bonchev–Trinajstić information content (AvgIpc) is 2.98. The molecule has 1 saturated heterocycles. The Kier molecular flexibility index (Phi) is 3.74. The van der Waals surface area contributed by atoms with Gasteiger partial charge < -0.3 is 4.90 Å². The van der Waals surface area contributed by atoms with E-state index in [1.165, 1.54) is 18.4 Å².